The molecular weight excluding hydrogens is 364 g/mol. The lowest BCUT2D eigenvalue weighted by molar-refractivity contribution is -0.113. The molecule has 1 aromatic heterocycles. The summed E-state index contributed by atoms with van der Waals surface area (Å²) >= 11 is 2.83. The maximum Gasteiger partial charge on any atom is 0.234 e. The van der Waals surface area contributed by atoms with Crippen LogP contribution < -0.4 is 10.6 Å². The quantitative estimate of drug-likeness (QED) is 0.589. The number of nitrogens with one attached hydrogen (secondary N) is 2. The van der Waals surface area contributed by atoms with Crippen LogP contribution in [0.15, 0.2) is 46.8 Å². The molecule has 3 aromatic rings. The molecule has 2 N–H and O–H groups in total. The predicted molar refractivity (Wildman–Crippen MR) is 110 cm³/mol. The van der Waals surface area contributed by atoms with Gasteiger partial charge in [0.1, 0.15) is 0 Å². The summed E-state index contributed by atoms with van der Waals surface area (Å²) in [5, 5.41) is 15.2. The number of benzene rings is 2. The molecule has 0 bridgehead atoms. The maximum absolute atomic E-state index is 12.1. The third-order valence-electron chi connectivity index (χ3n) is 3.88. The van der Waals surface area contributed by atoms with E-state index in [-0.39, 0.29) is 5.91 Å². The van der Waals surface area contributed by atoms with Gasteiger partial charge in [0.2, 0.25) is 11.0 Å². The van der Waals surface area contributed by atoms with Crippen LogP contribution in [0.2, 0.25) is 0 Å². The highest BCUT2D eigenvalue weighted by atomic mass is 32.2. The number of carbonyl (C=O) groups excluding carboxylic acids is 1. The van der Waals surface area contributed by atoms with Gasteiger partial charge in [0.15, 0.2) is 4.34 Å². The molecule has 134 valence electrons. The van der Waals surface area contributed by atoms with Gasteiger partial charge in [0, 0.05) is 11.4 Å². The lowest BCUT2D eigenvalue weighted by atomic mass is 10.1. The first kappa shape index (κ1) is 18.4. The molecule has 26 heavy (non-hydrogen) atoms. The number of hydrogen-bond donors (Lipinski definition) is 2. The minimum atomic E-state index is -0.0557. The molecule has 0 aliphatic heterocycles. The molecule has 0 saturated carbocycles. The van der Waals surface area contributed by atoms with Gasteiger partial charge < -0.3 is 10.6 Å². The molecule has 5 nitrogen and oxygen atoms in total. The van der Waals surface area contributed by atoms with Crippen molar-refractivity contribution in [3.63, 3.8) is 0 Å². The predicted octanol–water partition coefficient (Wildman–Crippen LogP) is 4.94. The first-order valence-electron chi connectivity index (χ1n) is 8.17. The fraction of sp³-hybridized carbons (Fsp3) is 0.211. The van der Waals surface area contributed by atoms with Gasteiger partial charge in [-0.05, 0) is 55.7 Å². The van der Waals surface area contributed by atoms with E-state index in [1.54, 1.807) is 0 Å². The van der Waals surface area contributed by atoms with E-state index in [9.17, 15) is 4.79 Å². The van der Waals surface area contributed by atoms with Crippen molar-refractivity contribution < 1.29 is 4.79 Å². The Hall–Kier alpha value is -2.38. The van der Waals surface area contributed by atoms with Crippen LogP contribution in [-0.4, -0.2) is 21.9 Å². The number of rotatable bonds is 6. The third kappa shape index (κ3) is 4.83. The number of thioether (sulfide) groups is 1. The maximum atomic E-state index is 12.1. The number of nitrogens with zero attached hydrogens (tertiary/aromatic N) is 2. The minimum absolute atomic E-state index is 0.0557. The Labute approximate surface area is 161 Å². The molecule has 3 rings (SSSR count). The zero-order chi connectivity index (χ0) is 18.5. The van der Waals surface area contributed by atoms with Crippen LogP contribution in [-0.2, 0) is 4.79 Å². The van der Waals surface area contributed by atoms with Gasteiger partial charge in [-0.15, -0.1) is 10.2 Å². The summed E-state index contributed by atoms with van der Waals surface area (Å²) in [7, 11) is 0. The highest BCUT2D eigenvalue weighted by Gasteiger charge is 2.10. The molecule has 0 aliphatic rings. The van der Waals surface area contributed by atoms with Gasteiger partial charge >= 0.3 is 0 Å². The van der Waals surface area contributed by atoms with Crippen molar-refractivity contribution in [3.05, 3.63) is 59.2 Å². The second-order valence-electron chi connectivity index (χ2n) is 5.95. The molecule has 0 unspecified atom stereocenters. The molecule has 0 aliphatic carbocycles. The number of aromatic nitrogens is 2. The second kappa shape index (κ2) is 8.33. The second-order valence-corrected chi connectivity index (χ2v) is 8.15. The normalized spacial score (nSPS) is 10.6. The van der Waals surface area contributed by atoms with E-state index in [0.29, 0.717) is 5.75 Å². The Morgan fingerprint density at radius 1 is 1.12 bits per heavy atom. The standard InChI is InChI=1S/C19H20N4OS2/c1-12-6-4-8-15(10-12)20-17(24)11-25-19-23-22-18(26-19)21-16-9-5-7-13(2)14(16)3/h4-10H,11H2,1-3H3,(H,20,24)(H,21,22). The molecule has 0 saturated heterocycles. The van der Waals surface area contributed by atoms with Crippen LogP contribution in [0.5, 0.6) is 0 Å². The minimum Gasteiger partial charge on any atom is -0.330 e. The molecule has 0 radical (unpaired) electrons. The Morgan fingerprint density at radius 2 is 1.92 bits per heavy atom. The van der Waals surface area contributed by atoms with Crippen molar-refractivity contribution in [2.45, 2.75) is 25.1 Å². The summed E-state index contributed by atoms with van der Waals surface area (Å²) in [4.78, 5) is 12.1. The lowest BCUT2D eigenvalue weighted by Crippen LogP contribution is -2.13. The van der Waals surface area contributed by atoms with E-state index in [0.717, 1.165) is 26.4 Å². The van der Waals surface area contributed by atoms with Crippen molar-refractivity contribution in [3.8, 4) is 0 Å². The van der Waals surface area contributed by atoms with E-state index in [1.165, 1.54) is 34.2 Å². The summed E-state index contributed by atoms with van der Waals surface area (Å²) in [5.74, 6) is 0.242. The zero-order valence-corrected chi connectivity index (χ0v) is 16.5. The van der Waals surface area contributed by atoms with E-state index in [1.807, 2.05) is 43.3 Å². The van der Waals surface area contributed by atoms with Gasteiger partial charge in [-0.3, -0.25) is 4.79 Å². The number of amides is 1. The Balaban J connectivity index is 1.55. The Morgan fingerprint density at radius 3 is 2.73 bits per heavy atom. The molecule has 7 heteroatoms. The van der Waals surface area contributed by atoms with Crippen molar-refractivity contribution in [2.75, 3.05) is 16.4 Å². The van der Waals surface area contributed by atoms with E-state index >= 15 is 0 Å². The highest BCUT2D eigenvalue weighted by Crippen LogP contribution is 2.29. The van der Waals surface area contributed by atoms with Crippen LogP contribution >= 0.6 is 23.1 Å². The average Bonchev–Trinajstić information content (AvgIpc) is 3.05. The third-order valence-corrected chi connectivity index (χ3v) is 5.85. The molecule has 1 amide bonds. The molecule has 1 heterocycles. The summed E-state index contributed by atoms with van der Waals surface area (Å²) < 4.78 is 0.761. The van der Waals surface area contributed by atoms with Gasteiger partial charge in [-0.2, -0.15) is 0 Å². The SMILES string of the molecule is Cc1cccc(NC(=O)CSc2nnc(Nc3cccc(C)c3C)s2)c1. The topological polar surface area (TPSA) is 66.9 Å². The van der Waals surface area contributed by atoms with Gasteiger partial charge in [0.05, 0.1) is 5.75 Å². The number of anilines is 3. The van der Waals surface area contributed by atoms with Crippen LogP contribution in [0.4, 0.5) is 16.5 Å². The van der Waals surface area contributed by atoms with Crippen LogP contribution in [0.25, 0.3) is 0 Å². The summed E-state index contributed by atoms with van der Waals surface area (Å²) in [5.41, 5.74) is 5.36. The first-order valence-corrected chi connectivity index (χ1v) is 9.97. The van der Waals surface area contributed by atoms with Crippen LogP contribution in [0, 0.1) is 20.8 Å². The molecule has 0 fully saturated rings. The number of hydrogen-bond acceptors (Lipinski definition) is 6. The summed E-state index contributed by atoms with van der Waals surface area (Å²) in [6.45, 7) is 6.15. The zero-order valence-electron chi connectivity index (χ0n) is 14.9. The summed E-state index contributed by atoms with van der Waals surface area (Å²) in [6.07, 6.45) is 0. The average molecular weight is 385 g/mol. The highest BCUT2D eigenvalue weighted by molar-refractivity contribution is 8.01. The van der Waals surface area contributed by atoms with E-state index < -0.39 is 0 Å². The first-order chi connectivity index (χ1) is 12.5. The van der Waals surface area contributed by atoms with Crippen LogP contribution in [0.1, 0.15) is 16.7 Å². The number of aryl methyl sites for hydroxylation is 2. The number of carbonyl (C=O) groups is 1. The Bertz CT molecular complexity index is 923. The fourth-order valence-corrected chi connectivity index (χ4v) is 3.93. The van der Waals surface area contributed by atoms with Crippen LogP contribution in [0.3, 0.4) is 0 Å². The van der Waals surface area contributed by atoms with Crippen molar-refractivity contribution in [1.29, 1.82) is 0 Å². The van der Waals surface area contributed by atoms with Crippen molar-refractivity contribution in [1.82, 2.24) is 10.2 Å². The molecular formula is C19H20N4OS2. The van der Waals surface area contributed by atoms with Gasteiger partial charge in [-0.1, -0.05) is 47.4 Å². The molecule has 2 aromatic carbocycles. The van der Waals surface area contributed by atoms with Gasteiger partial charge in [0.25, 0.3) is 0 Å². The smallest absolute Gasteiger partial charge is 0.234 e. The van der Waals surface area contributed by atoms with Crippen molar-refractivity contribution in [2.24, 2.45) is 0 Å². The fourth-order valence-electron chi connectivity index (χ4n) is 2.37. The van der Waals surface area contributed by atoms with Gasteiger partial charge in [-0.25, -0.2) is 0 Å². The molecule has 0 spiro atoms. The largest absolute Gasteiger partial charge is 0.330 e. The monoisotopic (exact) mass is 384 g/mol. The lowest BCUT2D eigenvalue weighted by Gasteiger charge is -2.08. The molecule has 0 atom stereocenters. The summed E-state index contributed by atoms with van der Waals surface area (Å²) in [6, 6.07) is 13.9. The van der Waals surface area contributed by atoms with E-state index in [4.69, 9.17) is 0 Å². The van der Waals surface area contributed by atoms with Crippen molar-refractivity contribution >= 4 is 45.5 Å². The van der Waals surface area contributed by atoms with E-state index in [2.05, 4.69) is 40.7 Å². The Kier molecular flexibility index (Phi) is 5.90.